The zero-order chi connectivity index (χ0) is 14.3. The molecule has 1 atom stereocenters. The maximum absolute atomic E-state index is 12.6. The minimum atomic E-state index is -4.78. The van der Waals surface area contributed by atoms with Crippen LogP contribution in [0.25, 0.3) is 0 Å². The van der Waals surface area contributed by atoms with Gasteiger partial charge in [0, 0.05) is 13.0 Å². The molecule has 0 aliphatic carbocycles. The van der Waals surface area contributed by atoms with E-state index < -0.39 is 30.7 Å². The molecule has 1 amide bonds. The van der Waals surface area contributed by atoms with Crippen molar-refractivity contribution < 1.29 is 28.2 Å². The fourth-order valence-electron chi connectivity index (χ4n) is 2.02. The van der Waals surface area contributed by atoms with Gasteiger partial charge in [0.15, 0.2) is 5.60 Å². The summed E-state index contributed by atoms with van der Waals surface area (Å²) < 4.78 is 37.9. The highest BCUT2D eigenvalue weighted by Crippen LogP contribution is 2.38. The Bertz CT molecular complexity index is 503. The second-order valence-electron chi connectivity index (χ2n) is 4.52. The number of alkyl halides is 3. The highest BCUT2D eigenvalue weighted by Gasteiger charge is 2.57. The molecule has 2 rings (SSSR count). The Morgan fingerprint density at radius 2 is 1.95 bits per heavy atom. The fraction of sp³-hybridized carbons (Fsp3) is 0.417. The van der Waals surface area contributed by atoms with Crippen LogP contribution in [-0.4, -0.2) is 45.9 Å². The number of phenols is 1. The summed E-state index contributed by atoms with van der Waals surface area (Å²) in [5.74, 6) is -1.02. The van der Waals surface area contributed by atoms with Crippen LogP contribution in [0, 0.1) is 0 Å². The van der Waals surface area contributed by atoms with E-state index in [1.807, 2.05) is 0 Å². The number of likely N-dealkylation sites (tertiary alicyclic amines) is 1. The molecule has 1 aliphatic heterocycles. The zero-order valence-corrected chi connectivity index (χ0v) is 9.81. The number of carbonyl (C=O) groups excluding carboxylic acids is 1. The van der Waals surface area contributed by atoms with E-state index in [2.05, 4.69) is 0 Å². The number of aliphatic hydroxyl groups is 1. The first-order valence-corrected chi connectivity index (χ1v) is 5.61. The van der Waals surface area contributed by atoms with Crippen LogP contribution in [0.3, 0.4) is 0 Å². The lowest BCUT2D eigenvalue weighted by Crippen LogP contribution is -2.48. The van der Waals surface area contributed by atoms with E-state index in [4.69, 9.17) is 0 Å². The van der Waals surface area contributed by atoms with Crippen molar-refractivity contribution in [1.82, 2.24) is 4.90 Å². The molecule has 0 bridgehead atoms. The fourth-order valence-corrected chi connectivity index (χ4v) is 2.02. The van der Waals surface area contributed by atoms with Crippen molar-refractivity contribution in [1.29, 1.82) is 0 Å². The van der Waals surface area contributed by atoms with Gasteiger partial charge in [0.1, 0.15) is 5.75 Å². The molecule has 104 valence electrons. The number of amides is 1. The number of hydrogen-bond donors (Lipinski definition) is 2. The van der Waals surface area contributed by atoms with Crippen LogP contribution >= 0.6 is 0 Å². The van der Waals surface area contributed by atoms with Crippen molar-refractivity contribution in [2.24, 2.45) is 0 Å². The molecule has 1 aromatic carbocycles. The van der Waals surface area contributed by atoms with E-state index in [0.717, 1.165) is 4.90 Å². The van der Waals surface area contributed by atoms with Crippen molar-refractivity contribution in [3.05, 3.63) is 29.8 Å². The largest absolute Gasteiger partial charge is 0.507 e. The molecule has 1 fully saturated rings. The topological polar surface area (TPSA) is 60.8 Å². The lowest BCUT2D eigenvalue weighted by Gasteiger charge is -2.26. The Morgan fingerprint density at radius 1 is 1.32 bits per heavy atom. The Labute approximate surface area is 107 Å². The summed E-state index contributed by atoms with van der Waals surface area (Å²) >= 11 is 0. The van der Waals surface area contributed by atoms with Crippen molar-refractivity contribution in [3.63, 3.8) is 0 Å². The number of para-hydroxylation sites is 1. The van der Waals surface area contributed by atoms with Gasteiger partial charge in [-0.15, -0.1) is 0 Å². The molecule has 0 aromatic heterocycles. The number of benzene rings is 1. The van der Waals surface area contributed by atoms with Crippen LogP contribution < -0.4 is 0 Å². The Kier molecular flexibility index (Phi) is 3.17. The monoisotopic (exact) mass is 275 g/mol. The Hall–Kier alpha value is -1.76. The number of phenolic OH excluding ortho intramolecular Hbond substituents is 1. The molecule has 1 aliphatic rings. The van der Waals surface area contributed by atoms with Gasteiger partial charge in [-0.1, -0.05) is 12.1 Å². The van der Waals surface area contributed by atoms with Gasteiger partial charge in [0.25, 0.3) is 5.91 Å². The second kappa shape index (κ2) is 4.41. The van der Waals surface area contributed by atoms with Crippen LogP contribution in [0.15, 0.2) is 24.3 Å². The molecule has 2 N–H and O–H groups in total. The summed E-state index contributed by atoms with van der Waals surface area (Å²) in [5.41, 5.74) is -2.94. The normalized spacial score (nSPS) is 23.7. The number of halogens is 3. The number of hydrogen-bond acceptors (Lipinski definition) is 3. The SMILES string of the molecule is O=C(c1ccccc1O)N1CC[C@@](O)(C(F)(F)F)C1. The lowest BCUT2D eigenvalue weighted by molar-refractivity contribution is -0.253. The first-order chi connectivity index (χ1) is 8.74. The minimum absolute atomic E-state index is 0.0751. The van der Waals surface area contributed by atoms with E-state index in [9.17, 15) is 28.2 Å². The van der Waals surface area contributed by atoms with E-state index >= 15 is 0 Å². The van der Waals surface area contributed by atoms with E-state index in [1.54, 1.807) is 0 Å². The maximum Gasteiger partial charge on any atom is 0.419 e. The summed E-state index contributed by atoms with van der Waals surface area (Å²) in [4.78, 5) is 12.9. The first-order valence-electron chi connectivity index (χ1n) is 5.61. The molecular weight excluding hydrogens is 263 g/mol. The van der Waals surface area contributed by atoms with Gasteiger partial charge >= 0.3 is 6.18 Å². The third-order valence-corrected chi connectivity index (χ3v) is 3.20. The minimum Gasteiger partial charge on any atom is -0.507 e. The Balaban J connectivity index is 2.18. The summed E-state index contributed by atoms with van der Waals surface area (Å²) in [7, 11) is 0. The van der Waals surface area contributed by atoms with Crippen LogP contribution in [0.1, 0.15) is 16.8 Å². The van der Waals surface area contributed by atoms with Gasteiger partial charge in [-0.3, -0.25) is 4.79 Å². The lowest BCUT2D eigenvalue weighted by atomic mass is 10.0. The number of β-amino-alcohol motifs (C(OH)–C–C–N with tert-alkyl or cyclic N) is 1. The zero-order valence-electron chi connectivity index (χ0n) is 9.81. The van der Waals surface area contributed by atoms with Gasteiger partial charge in [0.2, 0.25) is 0 Å². The smallest absolute Gasteiger partial charge is 0.419 e. The van der Waals surface area contributed by atoms with E-state index in [0.29, 0.717) is 0 Å². The van der Waals surface area contributed by atoms with Crippen molar-refractivity contribution >= 4 is 5.91 Å². The predicted octanol–water partition coefficient (Wildman–Crippen LogP) is 1.53. The van der Waals surface area contributed by atoms with Gasteiger partial charge < -0.3 is 15.1 Å². The van der Waals surface area contributed by atoms with Crippen molar-refractivity contribution in [2.45, 2.75) is 18.2 Å². The van der Waals surface area contributed by atoms with Crippen molar-refractivity contribution in [2.75, 3.05) is 13.1 Å². The van der Waals surface area contributed by atoms with Gasteiger partial charge in [-0.25, -0.2) is 0 Å². The summed E-state index contributed by atoms with van der Waals surface area (Å²) in [5, 5.41) is 19.0. The molecule has 1 heterocycles. The number of nitrogens with zero attached hydrogens (tertiary/aromatic N) is 1. The number of carbonyl (C=O) groups is 1. The molecule has 0 saturated carbocycles. The average molecular weight is 275 g/mol. The summed E-state index contributed by atoms with van der Waals surface area (Å²) in [6, 6.07) is 5.60. The van der Waals surface area contributed by atoms with Gasteiger partial charge in [-0.05, 0) is 12.1 Å². The third kappa shape index (κ3) is 2.37. The predicted molar refractivity (Wildman–Crippen MR) is 59.6 cm³/mol. The standard InChI is InChI=1S/C12H12F3NO3/c13-12(14,15)11(19)5-6-16(7-11)10(18)8-3-1-2-4-9(8)17/h1-4,17,19H,5-7H2/t11-/m0/s1. The molecule has 19 heavy (non-hydrogen) atoms. The molecule has 0 radical (unpaired) electrons. The molecule has 0 unspecified atom stereocenters. The number of rotatable bonds is 1. The van der Waals surface area contributed by atoms with Crippen LogP contribution in [0.4, 0.5) is 13.2 Å². The molecular formula is C12H12F3NO3. The van der Waals surface area contributed by atoms with Gasteiger partial charge in [-0.2, -0.15) is 13.2 Å². The van der Waals surface area contributed by atoms with Crippen molar-refractivity contribution in [3.8, 4) is 5.75 Å². The molecule has 1 aromatic rings. The molecule has 7 heteroatoms. The van der Waals surface area contributed by atoms with Crippen LogP contribution in [0.2, 0.25) is 0 Å². The maximum atomic E-state index is 12.6. The molecule has 4 nitrogen and oxygen atoms in total. The first kappa shape index (κ1) is 13.7. The summed E-state index contributed by atoms with van der Waals surface area (Å²) in [6.07, 6.45) is -5.34. The second-order valence-corrected chi connectivity index (χ2v) is 4.52. The summed E-state index contributed by atoms with van der Waals surface area (Å²) in [6.45, 7) is -1.02. The average Bonchev–Trinajstić information content (AvgIpc) is 2.72. The van der Waals surface area contributed by atoms with E-state index in [1.165, 1.54) is 24.3 Å². The molecule has 1 saturated heterocycles. The van der Waals surface area contributed by atoms with Crippen LogP contribution in [0.5, 0.6) is 5.75 Å². The highest BCUT2D eigenvalue weighted by atomic mass is 19.4. The highest BCUT2D eigenvalue weighted by molar-refractivity contribution is 5.97. The Morgan fingerprint density at radius 3 is 2.47 bits per heavy atom. The molecule has 0 spiro atoms. The quantitative estimate of drug-likeness (QED) is 0.817. The van der Waals surface area contributed by atoms with Gasteiger partial charge in [0.05, 0.1) is 12.1 Å². The third-order valence-electron chi connectivity index (χ3n) is 3.20. The van der Waals surface area contributed by atoms with E-state index in [-0.39, 0.29) is 17.9 Å². The number of aromatic hydroxyl groups is 1. The van der Waals surface area contributed by atoms with Crippen LogP contribution in [-0.2, 0) is 0 Å².